The maximum Gasteiger partial charge on any atom is 0.305 e. The smallest absolute Gasteiger partial charge is 0.305 e. The molecule has 0 aliphatic rings. The van der Waals surface area contributed by atoms with Crippen molar-refractivity contribution in [2.45, 2.75) is 138 Å². The van der Waals surface area contributed by atoms with Crippen molar-refractivity contribution in [2.75, 3.05) is 13.2 Å². The SMILES string of the molecule is C[C@H](NC(=O)[C@@H](N)Cc1c[nH]cn1)C(=O)N[C@@H](CCC(=O)O)C(=O)NCC(=O)N[C@H](C(=O)N[C@@H](Cc1ccccc1)C(=O)N[C@H](C(=O)N[C@@H](CO)C(=O)N[C@@H](CC(=O)O)C(=O)N[C@@H](Cc1ccc(-c2ccccc2)cc1)C(=O)N[C@@H](Cc1ccc(-c2ccccc2)cc1)C(N)=O)[C@@H](C)O)[C@@H](C)O. The number of carbonyl (C=O) groups excluding carboxylic acids is 11. The molecular formula is C70H84N14O18. The molecule has 542 valence electrons. The Morgan fingerprint density at radius 3 is 1.34 bits per heavy atom. The fourth-order valence-corrected chi connectivity index (χ4v) is 10.3. The minimum absolute atomic E-state index is 0.0111. The normalized spacial score (nSPS) is 14.5. The molecule has 0 radical (unpaired) electrons. The topological polar surface area (TPSA) is 524 Å². The number of hydrogen-bond acceptors (Lipinski definition) is 18. The number of hydrogen-bond donors (Lipinski definition) is 18. The van der Waals surface area contributed by atoms with E-state index in [1.54, 1.807) is 66.7 Å². The first-order valence-corrected chi connectivity index (χ1v) is 32.3. The molecular weight excluding hydrogens is 1320 g/mol. The van der Waals surface area contributed by atoms with E-state index in [1.807, 2.05) is 72.8 Å². The van der Waals surface area contributed by atoms with E-state index in [0.717, 1.165) is 36.1 Å². The highest BCUT2D eigenvalue weighted by Crippen LogP contribution is 2.22. The number of primary amides is 1. The van der Waals surface area contributed by atoms with E-state index in [-0.39, 0.29) is 25.7 Å². The van der Waals surface area contributed by atoms with E-state index >= 15 is 0 Å². The van der Waals surface area contributed by atoms with E-state index in [1.165, 1.54) is 19.4 Å². The minimum atomic E-state index is -2.04. The summed E-state index contributed by atoms with van der Waals surface area (Å²) in [7, 11) is 0. The van der Waals surface area contributed by atoms with Gasteiger partial charge >= 0.3 is 11.9 Å². The number of aromatic amines is 1. The fraction of sp³-hybridized carbons (Fsp3) is 0.343. The number of nitrogens with zero attached hydrogens (tertiary/aromatic N) is 1. The molecule has 0 aliphatic heterocycles. The van der Waals surface area contributed by atoms with Gasteiger partial charge in [-0.2, -0.15) is 0 Å². The molecule has 0 bridgehead atoms. The maximum atomic E-state index is 14.4. The van der Waals surface area contributed by atoms with Crippen LogP contribution in [0.3, 0.4) is 0 Å². The van der Waals surface area contributed by atoms with Crippen molar-refractivity contribution in [1.82, 2.24) is 63.1 Å². The lowest BCUT2D eigenvalue weighted by atomic mass is 9.98. The maximum absolute atomic E-state index is 14.4. The highest BCUT2D eigenvalue weighted by Gasteiger charge is 2.37. The number of nitrogens with two attached hydrogens (primary N) is 2. The van der Waals surface area contributed by atoms with Crippen LogP contribution < -0.4 is 64.6 Å². The standard InChI is InChI=1S/C70H84N14O18/c1-38(76-63(95)49(71)32-48-34-73-37-75-48)62(94)77-50(27-28-57(89)90)64(96)74-35-56(88)83-59(39(2)86)69(101)81-53(30-41-13-7-4-8-14-41)67(99)84-60(40(3)87)70(102)82-55(36-85)68(100)80-54(33-58(91)92)66(98)79-52(31-43-21-25-47(26-22-43)45-17-11-6-12-18-45)65(97)78-51(61(72)93)29-42-19-23-46(24-20-42)44-15-9-5-10-16-44/h4-26,34,37-40,49-55,59-60,85-87H,27-33,35-36,71H2,1-3H3,(H2,72,93)(H,73,75)(H,74,96)(H,76,95)(H,77,94)(H,78,97)(H,79,98)(H,80,100)(H,81,101)(H,82,102)(H,83,88)(H,84,99)(H,89,90)(H,91,92)/t38-,39+,40+,49-,50-,51-,52-,53-,54-,55-,59-,60-/m0/s1. The summed E-state index contributed by atoms with van der Waals surface area (Å²) in [5, 5.41) is 74.8. The van der Waals surface area contributed by atoms with Gasteiger partial charge in [0.2, 0.25) is 65.0 Å². The Morgan fingerprint density at radius 1 is 0.441 bits per heavy atom. The summed E-state index contributed by atoms with van der Waals surface area (Å²) in [5.41, 5.74) is 17.2. The van der Waals surface area contributed by atoms with Crippen molar-refractivity contribution in [2.24, 2.45) is 11.5 Å². The summed E-state index contributed by atoms with van der Waals surface area (Å²) in [5.74, 6) is -15.0. The lowest BCUT2D eigenvalue weighted by Crippen LogP contribution is -2.63. The van der Waals surface area contributed by atoms with E-state index in [2.05, 4.69) is 63.1 Å². The molecule has 6 rings (SSSR count). The summed E-state index contributed by atoms with van der Waals surface area (Å²) >= 11 is 0. The first-order chi connectivity index (χ1) is 48.6. The first-order valence-electron chi connectivity index (χ1n) is 32.3. The number of nitrogens with one attached hydrogen (secondary N) is 11. The summed E-state index contributed by atoms with van der Waals surface area (Å²) in [4.78, 5) is 181. The molecule has 0 fully saturated rings. The van der Waals surface area contributed by atoms with Crippen LogP contribution in [0.2, 0.25) is 0 Å². The van der Waals surface area contributed by atoms with Crippen LogP contribution in [0.1, 0.15) is 62.4 Å². The van der Waals surface area contributed by atoms with E-state index in [4.69, 9.17) is 11.5 Å². The van der Waals surface area contributed by atoms with Gasteiger partial charge < -0.3 is 95.2 Å². The summed E-state index contributed by atoms with van der Waals surface area (Å²) in [6.45, 7) is 1.26. The second kappa shape index (κ2) is 39.2. The van der Waals surface area contributed by atoms with Gasteiger partial charge in [-0.1, -0.05) is 140 Å². The van der Waals surface area contributed by atoms with Gasteiger partial charge in [0.1, 0.15) is 54.4 Å². The number of amides is 11. The summed E-state index contributed by atoms with van der Waals surface area (Å²) in [6, 6.07) is 24.2. The van der Waals surface area contributed by atoms with Gasteiger partial charge in [0, 0.05) is 38.3 Å². The Hall–Kier alpha value is -11.7. The molecule has 0 aliphatic carbocycles. The summed E-state index contributed by atoms with van der Waals surface area (Å²) in [6.07, 6.45) is -3.56. The van der Waals surface area contributed by atoms with Crippen molar-refractivity contribution >= 4 is 76.9 Å². The van der Waals surface area contributed by atoms with Crippen LogP contribution in [0.25, 0.3) is 22.3 Å². The van der Waals surface area contributed by atoms with Crippen molar-refractivity contribution in [3.63, 3.8) is 0 Å². The number of carboxylic acid groups (broad SMARTS) is 2. The number of benzene rings is 5. The Bertz CT molecular complexity index is 3850. The highest BCUT2D eigenvalue weighted by atomic mass is 16.4. The molecule has 32 nitrogen and oxygen atoms in total. The molecule has 102 heavy (non-hydrogen) atoms. The Balaban J connectivity index is 1.12. The van der Waals surface area contributed by atoms with Gasteiger partial charge in [-0.05, 0) is 66.1 Å². The van der Waals surface area contributed by atoms with Crippen molar-refractivity contribution in [1.29, 1.82) is 0 Å². The molecule has 11 amide bonds. The third-order valence-corrected chi connectivity index (χ3v) is 16.0. The molecule has 12 atom stereocenters. The molecule has 6 aromatic rings. The fourth-order valence-electron chi connectivity index (χ4n) is 10.3. The lowest BCUT2D eigenvalue weighted by molar-refractivity contribution is -0.142. The zero-order valence-corrected chi connectivity index (χ0v) is 55.9. The molecule has 1 heterocycles. The lowest BCUT2D eigenvalue weighted by Gasteiger charge is -2.28. The Kier molecular flexibility index (Phi) is 30.4. The van der Waals surface area contributed by atoms with Crippen LogP contribution in [0.15, 0.2) is 152 Å². The number of carboxylic acids is 2. The van der Waals surface area contributed by atoms with Gasteiger partial charge in [-0.15, -0.1) is 0 Å². The van der Waals surface area contributed by atoms with Crippen LogP contribution in [0, 0.1) is 0 Å². The molecule has 0 unspecified atom stereocenters. The third-order valence-electron chi connectivity index (χ3n) is 16.0. The number of aliphatic carboxylic acids is 2. The molecule has 32 heteroatoms. The van der Waals surface area contributed by atoms with Crippen LogP contribution >= 0.6 is 0 Å². The average molecular weight is 1410 g/mol. The monoisotopic (exact) mass is 1410 g/mol. The number of imidazole rings is 1. The van der Waals surface area contributed by atoms with Crippen molar-refractivity contribution < 1.29 is 87.9 Å². The van der Waals surface area contributed by atoms with E-state index < -0.39 is 182 Å². The molecule has 5 aromatic carbocycles. The molecule has 1 aromatic heterocycles. The number of aromatic nitrogens is 2. The number of carbonyl (C=O) groups is 13. The number of aliphatic hydroxyl groups excluding tert-OH is 3. The molecule has 0 saturated heterocycles. The van der Waals surface area contributed by atoms with Crippen molar-refractivity contribution in [3.8, 4) is 22.3 Å². The zero-order valence-electron chi connectivity index (χ0n) is 55.9. The predicted molar refractivity (Wildman–Crippen MR) is 366 cm³/mol. The second-order valence-electron chi connectivity index (χ2n) is 24.0. The van der Waals surface area contributed by atoms with E-state index in [9.17, 15) is 87.9 Å². The Labute approximate surface area is 585 Å². The second-order valence-corrected chi connectivity index (χ2v) is 24.0. The van der Waals surface area contributed by atoms with Gasteiger partial charge in [-0.3, -0.25) is 62.3 Å². The summed E-state index contributed by atoms with van der Waals surface area (Å²) < 4.78 is 0. The van der Waals surface area contributed by atoms with Gasteiger partial charge in [-0.25, -0.2) is 4.98 Å². The van der Waals surface area contributed by atoms with Crippen LogP contribution in [0.5, 0.6) is 0 Å². The highest BCUT2D eigenvalue weighted by molar-refractivity contribution is 6.00. The number of rotatable bonds is 39. The van der Waals surface area contributed by atoms with E-state index in [0.29, 0.717) is 22.4 Å². The van der Waals surface area contributed by atoms with Gasteiger partial charge in [0.15, 0.2) is 0 Å². The van der Waals surface area contributed by atoms with Crippen molar-refractivity contribution in [3.05, 3.63) is 174 Å². The quantitative estimate of drug-likeness (QED) is 0.0188. The largest absolute Gasteiger partial charge is 0.481 e. The Morgan fingerprint density at radius 2 is 0.863 bits per heavy atom. The zero-order chi connectivity index (χ0) is 74.6. The number of aliphatic hydroxyl groups is 3. The van der Waals surface area contributed by atoms with Gasteiger partial charge in [0.25, 0.3) is 0 Å². The van der Waals surface area contributed by atoms with Crippen LogP contribution in [0.4, 0.5) is 0 Å². The molecule has 0 spiro atoms. The van der Waals surface area contributed by atoms with Crippen LogP contribution in [-0.2, 0) is 88.0 Å². The molecule has 0 saturated carbocycles. The number of H-pyrrole nitrogens is 1. The predicted octanol–water partition coefficient (Wildman–Crippen LogP) is -2.58. The van der Waals surface area contributed by atoms with Crippen LogP contribution in [-0.4, -0.2) is 198 Å². The minimum Gasteiger partial charge on any atom is -0.481 e. The third kappa shape index (κ3) is 25.2. The van der Waals surface area contributed by atoms with Gasteiger partial charge in [0.05, 0.1) is 49.8 Å². The average Bonchev–Trinajstić information content (AvgIpc) is 0.942. The first kappa shape index (κ1) is 79.2. The molecule has 20 N–H and O–H groups in total.